The van der Waals surface area contributed by atoms with Crippen molar-refractivity contribution in [3.05, 3.63) is 5.01 Å². The van der Waals surface area contributed by atoms with Gasteiger partial charge in [0.25, 0.3) is 0 Å². The van der Waals surface area contributed by atoms with Gasteiger partial charge in [-0.2, -0.15) is 11.8 Å². The zero-order valence-electron chi connectivity index (χ0n) is 12.3. The molecular formula is C12H20N4O3S2. The second-order valence-corrected chi connectivity index (χ2v) is 6.92. The minimum absolute atomic E-state index is 0.372. The molecule has 0 aliphatic carbocycles. The van der Waals surface area contributed by atoms with Gasteiger partial charge in [0.15, 0.2) is 0 Å². The topological polar surface area (TPSA) is 104 Å². The van der Waals surface area contributed by atoms with E-state index in [4.69, 9.17) is 5.11 Å². The van der Waals surface area contributed by atoms with Crippen molar-refractivity contribution in [1.82, 2.24) is 15.5 Å². The standard InChI is InChI=1S/C12H20N4O3S2/c1-7(2)6-9-15-16-12(21-9)14-11(19)13-8(10(17)18)4-5-20-3/h7-8H,4-6H2,1-3H3,(H,17,18)(H2,13,14,16,19). The van der Waals surface area contributed by atoms with E-state index in [2.05, 4.69) is 34.7 Å². The quantitative estimate of drug-likeness (QED) is 0.673. The van der Waals surface area contributed by atoms with Crippen LogP contribution < -0.4 is 10.6 Å². The van der Waals surface area contributed by atoms with Crippen LogP contribution in [-0.2, 0) is 11.2 Å². The van der Waals surface area contributed by atoms with Crippen molar-refractivity contribution in [2.24, 2.45) is 5.92 Å². The van der Waals surface area contributed by atoms with Crippen molar-refractivity contribution in [2.45, 2.75) is 32.7 Å². The van der Waals surface area contributed by atoms with Crippen LogP contribution in [0.25, 0.3) is 0 Å². The fraction of sp³-hybridized carbons (Fsp3) is 0.667. The molecule has 0 bridgehead atoms. The SMILES string of the molecule is CSCCC(NC(=O)Nc1nnc(CC(C)C)s1)C(=O)O. The van der Waals surface area contributed by atoms with Crippen LogP contribution in [0, 0.1) is 5.92 Å². The highest BCUT2D eigenvalue weighted by Crippen LogP contribution is 2.18. The van der Waals surface area contributed by atoms with E-state index < -0.39 is 18.0 Å². The second-order valence-electron chi connectivity index (χ2n) is 4.87. The third-order valence-corrected chi connectivity index (χ3v) is 3.99. The zero-order chi connectivity index (χ0) is 15.8. The van der Waals surface area contributed by atoms with E-state index in [1.807, 2.05) is 6.26 Å². The lowest BCUT2D eigenvalue weighted by atomic mass is 10.1. The Labute approximate surface area is 131 Å². The molecule has 0 aromatic carbocycles. The number of carboxylic acid groups (broad SMARTS) is 1. The summed E-state index contributed by atoms with van der Waals surface area (Å²) >= 11 is 2.83. The number of anilines is 1. The van der Waals surface area contributed by atoms with Gasteiger partial charge in [0.1, 0.15) is 11.0 Å². The molecule has 0 radical (unpaired) electrons. The van der Waals surface area contributed by atoms with Crippen LogP contribution in [0.3, 0.4) is 0 Å². The van der Waals surface area contributed by atoms with Gasteiger partial charge in [-0.15, -0.1) is 10.2 Å². The summed E-state index contributed by atoms with van der Waals surface area (Å²) in [6, 6.07) is -1.48. The maximum absolute atomic E-state index is 11.8. The van der Waals surface area contributed by atoms with Gasteiger partial charge in [-0.3, -0.25) is 5.32 Å². The number of hydrogen-bond donors (Lipinski definition) is 3. The number of carbonyl (C=O) groups is 2. The molecule has 1 atom stereocenters. The van der Waals surface area contributed by atoms with Crippen molar-refractivity contribution in [1.29, 1.82) is 0 Å². The summed E-state index contributed by atoms with van der Waals surface area (Å²) in [6.07, 6.45) is 3.06. The summed E-state index contributed by atoms with van der Waals surface area (Å²) in [7, 11) is 0. The molecule has 7 nitrogen and oxygen atoms in total. The first-order chi connectivity index (χ1) is 9.92. The lowest BCUT2D eigenvalue weighted by molar-refractivity contribution is -0.139. The Kier molecular flexibility index (Phi) is 7.44. The molecule has 1 rings (SSSR count). The minimum atomic E-state index is -1.04. The molecule has 118 valence electrons. The summed E-state index contributed by atoms with van der Waals surface area (Å²) in [5.74, 6) is 0.0775. The summed E-state index contributed by atoms with van der Waals surface area (Å²) in [6.45, 7) is 4.15. The average molecular weight is 332 g/mol. The molecule has 9 heteroatoms. The van der Waals surface area contributed by atoms with E-state index in [0.29, 0.717) is 23.2 Å². The largest absolute Gasteiger partial charge is 0.480 e. The average Bonchev–Trinajstić information content (AvgIpc) is 2.80. The third kappa shape index (κ3) is 6.76. The van der Waals surface area contributed by atoms with Gasteiger partial charge >= 0.3 is 12.0 Å². The van der Waals surface area contributed by atoms with Gasteiger partial charge in [-0.05, 0) is 24.3 Å². The molecule has 0 aliphatic rings. The van der Waals surface area contributed by atoms with Crippen molar-refractivity contribution >= 4 is 40.2 Å². The Morgan fingerprint density at radius 1 is 1.38 bits per heavy atom. The summed E-state index contributed by atoms with van der Waals surface area (Å²) < 4.78 is 0. The van der Waals surface area contributed by atoms with E-state index in [0.717, 1.165) is 11.4 Å². The molecular weight excluding hydrogens is 312 g/mol. The fourth-order valence-electron chi connectivity index (χ4n) is 1.52. The predicted octanol–water partition coefficient (Wildman–Crippen LogP) is 2.06. The Morgan fingerprint density at radius 3 is 2.67 bits per heavy atom. The molecule has 0 aliphatic heterocycles. The zero-order valence-corrected chi connectivity index (χ0v) is 13.9. The summed E-state index contributed by atoms with van der Waals surface area (Å²) in [5.41, 5.74) is 0. The van der Waals surface area contributed by atoms with Gasteiger partial charge in [0, 0.05) is 6.42 Å². The highest BCUT2D eigenvalue weighted by molar-refractivity contribution is 7.98. The van der Waals surface area contributed by atoms with Crippen LogP contribution in [0.2, 0.25) is 0 Å². The van der Waals surface area contributed by atoms with E-state index in [1.54, 1.807) is 0 Å². The Bertz CT molecular complexity index is 479. The molecule has 2 amide bonds. The first-order valence-corrected chi connectivity index (χ1v) is 8.75. The molecule has 0 spiro atoms. The molecule has 3 N–H and O–H groups in total. The van der Waals surface area contributed by atoms with Crippen LogP contribution in [0.15, 0.2) is 0 Å². The van der Waals surface area contributed by atoms with Crippen LogP contribution in [0.4, 0.5) is 9.93 Å². The number of nitrogens with zero attached hydrogens (tertiary/aromatic N) is 2. The van der Waals surface area contributed by atoms with Gasteiger partial charge in [0.05, 0.1) is 0 Å². The lowest BCUT2D eigenvalue weighted by Crippen LogP contribution is -2.43. The fourth-order valence-corrected chi connectivity index (χ4v) is 2.94. The number of thioether (sulfide) groups is 1. The maximum atomic E-state index is 11.8. The molecule has 1 aromatic heterocycles. The number of carbonyl (C=O) groups excluding carboxylic acids is 1. The van der Waals surface area contributed by atoms with Crippen molar-refractivity contribution in [3.63, 3.8) is 0 Å². The van der Waals surface area contributed by atoms with Gasteiger partial charge in [0.2, 0.25) is 5.13 Å². The first kappa shape index (κ1) is 17.7. The lowest BCUT2D eigenvalue weighted by Gasteiger charge is -2.13. The van der Waals surface area contributed by atoms with Crippen molar-refractivity contribution in [3.8, 4) is 0 Å². The second kappa shape index (κ2) is 8.83. The van der Waals surface area contributed by atoms with E-state index in [-0.39, 0.29) is 0 Å². The Balaban J connectivity index is 2.51. The molecule has 1 heterocycles. The number of urea groups is 1. The number of hydrogen-bond acceptors (Lipinski definition) is 6. The molecule has 21 heavy (non-hydrogen) atoms. The molecule has 0 saturated carbocycles. The van der Waals surface area contributed by atoms with E-state index >= 15 is 0 Å². The molecule has 1 aromatic rings. The number of aliphatic carboxylic acids is 1. The van der Waals surface area contributed by atoms with E-state index in [1.165, 1.54) is 23.1 Å². The third-order valence-electron chi connectivity index (χ3n) is 2.48. The number of rotatable bonds is 8. The molecule has 1 unspecified atom stereocenters. The monoisotopic (exact) mass is 332 g/mol. The number of carboxylic acids is 1. The van der Waals surface area contributed by atoms with Crippen molar-refractivity contribution in [2.75, 3.05) is 17.3 Å². The molecule has 0 fully saturated rings. The minimum Gasteiger partial charge on any atom is -0.480 e. The van der Waals surface area contributed by atoms with Gasteiger partial charge in [-0.25, -0.2) is 9.59 Å². The van der Waals surface area contributed by atoms with E-state index in [9.17, 15) is 9.59 Å². The predicted molar refractivity (Wildman–Crippen MR) is 85.0 cm³/mol. The number of nitrogens with one attached hydrogen (secondary N) is 2. The summed E-state index contributed by atoms with van der Waals surface area (Å²) in [4.78, 5) is 22.8. The summed E-state index contributed by atoms with van der Waals surface area (Å²) in [5, 5.41) is 23.1. The smallest absolute Gasteiger partial charge is 0.326 e. The number of amides is 2. The van der Waals surface area contributed by atoms with Crippen LogP contribution in [0.1, 0.15) is 25.3 Å². The van der Waals surface area contributed by atoms with Crippen LogP contribution in [0.5, 0.6) is 0 Å². The maximum Gasteiger partial charge on any atom is 0.326 e. The van der Waals surface area contributed by atoms with Crippen molar-refractivity contribution < 1.29 is 14.7 Å². The van der Waals surface area contributed by atoms with Gasteiger partial charge in [-0.1, -0.05) is 25.2 Å². The highest BCUT2D eigenvalue weighted by Gasteiger charge is 2.20. The molecule has 0 saturated heterocycles. The Hall–Kier alpha value is -1.35. The normalized spacial score (nSPS) is 12.2. The van der Waals surface area contributed by atoms with Gasteiger partial charge < -0.3 is 10.4 Å². The highest BCUT2D eigenvalue weighted by atomic mass is 32.2. The Morgan fingerprint density at radius 2 is 2.10 bits per heavy atom. The van der Waals surface area contributed by atoms with Crippen LogP contribution >= 0.6 is 23.1 Å². The van der Waals surface area contributed by atoms with Crippen LogP contribution in [-0.4, -0.2) is 45.4 Å². The first-order valence-electron chi connectivity index (χ1n) is 6.54. The number of aromatic nitrogens is 2.